The largest absolute Gasteiger partial charge is 0.493 e. The summed E-state index contributed by atoms with van der Waals surface area (Å²) in [5.74, 6) is -0.201. The van der Waals surface area contributed by atoms with Gasteiger partial charge in [0.15, 0.2) is 0 Å². The maximum Gasteiger partial charge on any atom is 0.290 e. The Balaban J connectivity index is 2.79. The highest BCUT2D eigenvalue weighted by atomic mass is 16.3. The van der Waals surface area contributed by atoms with Gasteiger partial charge in [-0.3, -0.25) is 4.79 Å². The molecular formula is C14H13N3O2. The van der Waals surface area contributed by atoms with Crippen molar-refractivity contribution in [1.82, 2.24) is 4.68 Å². The fourth-order valence-electron chi connectivity index (χ4n) is 1.93. The van der Waals surface area contributed by atoms with Gasteiger partial charge in [-0.2, -0.15) is 9.94 Å². The average Bonchev–Trinajstić information content (AvgIpc) is 2.38. The molecule has 0 aliphatic heterocycles. The summed E-state index contributed by atoms with van der Waals surface area (Å²) in [6.45, 7) is 0. The first-order valence-corrected chi connectivity index (χ1v) is 5.68. The van der Waals surface area contributed by atoms with E-state index in [4.69, 9.17) is 0 Å². The standard InChI is InChI=1S/C14H13N3O2/c1-16(2)17-13(18)8-11(12(9-15)14(17)19)10-6-4-3-5-7-10/h3-8,18H,1-2H3. The maximum atomic E-state index is 12.2. The third-order valence-electron chi connectivity index (χ3n) is 2.76. The highest BCUT2D eigenvalue weighted by Crippen LogP contribution is 2.24. The van der Waals surface area contributed by atoms with Crippen LogP contribution in [0.4, 0.5) is 0 Å². The minimum atomic E-state index is -0.536. The lowest BCUT2D eigenvalue weighted by Gasteiger charge is -2.18. The Morgan fingerprint density at radius 3 is 2.42 bits per heavy atom. The minimum Gasteiger partial charge on any atom is -0.493 e. The van der Waals surface area contributed by atoms with Gasteiger partial charge in [-0.1, -0.05) is 30.3 Å². The molecule has 0 amide bonds. The van der Waals surface area contributed by atoms with Crippen LogP contribution in [-0.4, -0.2) is 23.9 Å². The first kappa shape index (κ1) is 12.7. The van der Waals surface area contributed by atoms with Crippen LogP contribution in [0.5, 0.6) is 5.88 Å². The summed E-state index contributed by atoms with van der Waals surface area (Å²) < 4.78 is 1.05. The molecule has 0 fully saturated rings. The molecule has 0 bridgehead atoms. The summed E-state index contributed by atoms with van der Waals surface area (Å²) in [4.78, 5) is 12.2. The minimum absolute atomic E-state index is 0.0118. The van der Waals surface area contributed by atoms with Gasteiger partial charge in [0.1, 0.15) is 11.6 Å². The van der Waals surface area contributed by atoms with E-state index >= 15 is 0 Å². The second-order valence-electron chi connectivity index (χ2n) is 4.23. The van der Waals surface area contributed by atoms with E-state index in [0.717, 1.165) is 10.2 Å². The molecule has 1 aromatic carbocycles. The highest BCUT2D eigenvalue weighted by Gasteiger charge is 2.16. The molecule has 0 saturated heterocycles. The Morgan fingerprint density at radius 1 is 1.26 bits per heavy atom. The van der Waals surface area contributed by atoms with Crippen LogP contribution in [0.25, 0.3) is 11.1 Å². The summed E-state index contributed by atoms with van der Waals surface area (Å²) >= 11 is 0. The van der Waals surface area contributed by atoms with Crippen LogP contribution >= 0.6 is 0 Å². The van der Waals surface area contributed by atoms with Crippen molar-refractivity contribution in [3.63, 3.8) is 0 Å². The SMILES string of the molecule is CN(C)n1c(O)cc(-c2ccccc2)c(C#N)c1=O. The summed E-state index contributed by atoms with van der Waals surface area (Å²) in [6, 6.07) is 12.4. The smallest absolute Gasteiger partial charge is 0.290 e. The van der Waals surface area contributed by atoms with Gasteiger partial charge < -0.3 is 10.1 Å². The number of aromatic nitrogens is 1. The molecule has 2 aromatic rings. The van der Waals surface area contributed by atoms with Crippen molar-refractivity contribution in [2.75, 3.05) is 19.1 Å². The zero-order chi connectivity index (χ0) is 14.0. The predicted molar refractivity (Wildman–Crippen MR) is 72.6 cm³/mol. The lowest BCUT2D eigenvalue weighted by molar-refractivity contribution is 0.409. The molecule has 0 atom stereocenters. The van der Waals surface area contributed by atoms with Crippen LogP contribution in [0, 0.1) is 11.3 Å². The zero-order valence-corrected chi connectivity index (χ0v) is 10.7. The van der Waals surface area contributed by atoms with E-state index in [0.29, 0.717) is 5.56 Å². The number of pyridine rings is 1. The molecular weight excluding hydrogens is 242 g/mol. The third-order valence-corrected chi connectivity index (χ3v) is 2.76. The van der Waals surface area contributed by atoms with Crippen LogP contribution in [0.2, 0.25) is 0 Å². The lowest BCUT2D eigenvalue weighted by atomic mass is 10.0. The second kappa shape index (κ2) is 4.86. The summed E-state index contributed by atoms with van der Waals surface area (Å²) in [5.41, 5.74) is 0.630. The Hall–Kier alpha value is -2.74. The van der Waals surface area contributed by atoms with Gasteiger partial charge in [-0.15, -0.1) is 0 Å². The van der Waals surface area contributed by atoms with Gasteiger partial charge >= 0.3 is 0 Å². The molecule has 1 heterocycles. The molecule has 5 nitrogen and oxygen atoms in total. The Morgan fingerprint density at radius 2 is 1.89 bits per heavy atom. The monoisotopic (exact) mass is 255 g/mol. The van der Waals surface area contributed by atoms with Crippen molar-refractivity contribution in [2.24, 2.45) is 0 Å². The molecule has 0 unspecified atom stereocenters. The van der Waals surface area contributed by atoms with Crippen LogP contribution in [0.15, 0.2) is 41.2 Å². The van der Waals surface area contributed by atoms with E-state index in [9.17, 15) is 15.2 Å². The van der Waals surface area contributed by atoms with Gasteiger partial charge in [-0.05, 0) is 5.56 Å². The lowest BCUT2D eigenvalue weighted by Crippen LogP contribution is -2.37. The number of aromatic hydroxyl groups is 1. The predicted octanol–water partition coefficient (Wildman–Crippen LogP) is 1.29. The quantitative estimate of drug-likeness (QED) is 0.878. The normalized spacial score (nSPS) is 9.95. The van der Waals surface area contributed by atoms with E-state index < -0.39 is 5.56 Å². The first-order chi connectivity index (χ1) is 9.06. The Kier molecular flexibility index (Phi) is 3.25. The molecule has 0 radical (unpaired) electrons. The molecule has 5 heteroatoms. The van der Waals surface area contributed by atoms with Crippen LogP contribution < -0.4 is 10.6 Å². The molecule has 19 heavy (non-hydrogen) atoms. The highest BCUT2D eigenvalue weighted by molar-refractivity contribution is 5.70. The van der Waals surface area contributed by atoms with Crippen molar-refractivity contribution in [2.45, 2.75) is 0 Å². The van der Waals surface area contributed by atoms with Crippen LogP contribution in [0.3, 0.4) is 0 Å². The Labute approximate surface area is 110 Å². The van der Waals surface area contributed by atoms with E-state index in [1.54, 1.807) is 26.2 Å². The average molecular weight is 255 g/mol. The van der Waals surface area contributed by atoms with Gasteiger partial charge in [0, 0.05) is 25.7 Å². The molecule has 1 aromatic heterocycles. The molecule has 1 N–H and O–H groups in total. The maximum absolute atomic E-state index is 12.2. The van der Waals surface area contributed by atoms with Crippen molar-refractivity contribution in [3.05, 3.63) is 52.3 Å². The number of nitriles is 1. The van der Waals surface area contributed by atoms with Gasteiger partial charge in [-0.25, -0.2) is 0 Å². The third kappa shape index (κ3) is 2.16. The van der Waals surface area contributed by atoms with Gasteiger partial charge in [0.2, 0.25) is 5.88 Å². The topological polar surface area (TPSA) is 69.3 Å². The van der Waals surface area contributed by atoms with E-state index in [1.165, 1.54) is 11.1 Å². The number of hydrogen-bond donors (Lipinski definition) is 1. The molecule has 0 aliphatic carbocycles. The molecule has 0 spiro atoms. The molecule has 0 saturated carbocycles. The molecule has 96 valence electrons. The van der Waals surface area contributed by atoms with E-state index in [1.807, 2.05) is 24.3 Å². The fraction of sp³-hybridized carbons (Fsp3) is 0.143. The summed E-state index contributed by atoms with van der Waals surface area (Å²) in [5, 5.41) is 20.6. The van der Waals surface area contributed by atoms with Crippen molar-refractivity contribution in [1.29, 1.82) is 5.26 Å². The zero-order valence-electron chi connectivity index (χ0n) is 10.7. The van der Waals surface area contributed by atoms with Crippen molar-refractivity contribution >= 4 is 0 Å². The summed E-state index contributed by atoms with van der Waals surface area (Å²) in [7, 11) is 3.23. The van der Waals surface area contributed by atoms with Crippen molar-refractivity contribution in [3.8, 4) is 23.1 Å². The van der Waals surface area contributed by atoms with Gasteiger partial charge in [0.05, 0.1) is 0 Å². The number of rotatable bonds is 2. The number of hydrogen-bond acceptors (Lipinski definition) is 4. The summed E-state index contributed by atoms with van der Waals surface area (Å²) in [6.07, 6.45) is 0. The van der Waals surface area contributed by atoms with E-state index in [2.05, 4.69) is 0 Å². The van der Waals surface area contributed by atoms with E-state index in [-0.39, 0.29) is 11.4 Å². The van der Waals surface area contributed by atoms with Crippen LogP contribution in [0.1, 0.15) is 5.56 Å². The van der Waals surface area contributed by atoms with Gasteiger partial charge in [0.25, 0.3) is 5.56 Å². The first-order valence-electron chi connectivity index (χ1n) is 5.68. The Bertz CT molecular complexity index is 697. The van der Waals surface area contributed by atoms with Crippen LogP contribution in [-0.2, 0) is 0 Å². The fourth-order valence-corrected chi connectivity index (χ4v) is 1.93. The second-order valence-corrected chi connectivity index (χ2v) is 4.23. The molecule has 2 rings (SSSR count). The number of nitrogens with zero attached hydrogens (tertiary/aromatic N) is 3. The van der Waals surface area contributed by atoms with Crippen molar-refractivity contribution < 1.29 is 5.11 Å². The molecule has 0 aliphatic rings. The number of benzene rings is 1.